The van der Waals surface area contributed by atoms with Crippen molar-refractivity contribution in [3.63, 3.8) is 0 Å². The molecular weight excluding hydrogens is 943 g/mol. The number of carbonyl (C=O) groups excluding carboxylic acids is 4. The van der Waals surface area contributed by atoms with Crippen molar-refractivity contribution in [2.45, 2.75) is 23.6 Å². The zero-order valence-electron chi connectivity index (χ0n) is 37.3. The lowest BCUT2D eigenvalue weighted by Gasteiger charge is -2.26. The van der Waals surface area contributed by atoms with E-state index in [9.17, 15) is 50.5 Å². The summed E-state index contributed by atoms with van der Waals surface area (Å²) in [7, 11) is -7.77. The Kier molecular flexibility index (Phi) is 15.2. The highest BCUT2D eigenvalue weighted by atomic mass is 32.2. The molecule has 0 aromatic heterocycles. The molecule has 23 heteroatoms. The van der Waals surface area contributed by atoms with Crippen molar-refractivity contribution in [3.8, 4) is 33.9 Å². The largest absolute Gasteiger partial charge is 0.488 e. The highest BCUT2D eigenvalue weighted by Crippen LogP contribution is 2.46. The monoisotopic (exact) mass is 987 g/mol. The van der Waals surface area contributed by atoms with Gasteiger partial charge < -0.3 is 44.0 Å². The van der Waals surface area contributed by atoms with Gasteiger partial charge in [0, 0.05) is 22.6 Å². The number of anilines is 4. The first-order chi connectivity index (χ1) is 32.6. The van der Waals surface area contributed by atoms with Crippen LogP contribution in [0.15, 0.2) is 105 Å². The topological polar surface area (TPSA) is 313 Å². The molecule has 0 amide bonds. The van der Waals surface area contributed by atoms with E-state index >= 15 is 0 Å². The fourth-order valence-corrected chi connectivity index (χ4v) is 9.47. The van der Waals surface area contributed by atoms with E-state index in [0.29, 0.717) is 5.69 Å². The lowest BCUT2D eigenvalue weighted by Crippen LogP contribution is -2.36. The molecule has 1 aliphatic heterocycles. The van der Waals surface area contributed by atoms with Gasteiger partial charge in [0.25, 0.3) is 20.1 Å². The zero-order chi connectivity index (χ0) is 50.4. The Labute approximate surface area is 394 Å². The van der Waals surface area contributed by atoms with Crippen molar-refractivity contribution in [2.75, 3.05) is 73.9 Å². The summed E-state index contributed by atoms with van der Waals surface area (Å²) in [6.45, 7) is 1.01. The molecule has 0 spiro atoms. The zero-order valence-corrected chi connectivity index (χ0v) is 38.9. The van der Waals surface area contributed by atoms with Crippen LogP contribution in [0.25, 0.3) is 33.4 Å². The minimum absolute atomic E-state index is 0.00105. The number of carboxylic acid groups (broad SMARTS) is 1. The molecule has 6 N–H and O–H groups in total. The number of fused-ring (bicyclic) bond motifs is 2. The smallest absolute Gasteiger partial charge is 0.336 e. The lowest BCUT2D eigenvalue weighted by atomic mass is 9.90. The van der Waals surface area contributed by atoms with Gasteiger partial charge >= 0.3 is 17.9 Å². The van der Waals surface area contributed by atoms with Gasteiger partial charge in [0.15, 0.2) is 21.1 Å². The first-order valence-electron chi connectivity index (χ1n) is 20.5. The SMILES string of the molecule is COC(=O)CN(CC(=O)OC)c1ccccc1OCCOc1cc(NS(=O)(=O)c2c3oc4c(S(=O)(=O)O)c(N)ccc4c(-c4ccccc4C(=O)O)c-3ccc2=N)ccc1N(CC(C)=O)CC(C)=O. The number of hydrogen-bond acceptors (Lipinski definition) is 18. The van der Waals surface area contributed by atoms with Crippen LogP contribution in [-0.4, -0.2) is 110 Å². The molecule has 1 heterocycles. The predicted octanol–water partition coefficient (Wildman–Crippen LogP) is 4.61. The van der Waals surface area contributed by atoms with E-state index in [1.807, 2.05) is 0 Å². The van der Waals surface area contributed by atoms with E-state index in [1.165, 1.54) is 92.5 Å². The molecular formula is C46H45N5O16S2. The normalized spacial score (nSPS) is 11.4. The maximum atomic E-state index is 14.6. The second-order valence-electron chi connectivity index (χ2n) is 15.2. The Balaban J connectivity index is 1.43. The molecule has 362 valence electrons. The molecule has 0 fully saturated rings. The van der Waals surface area contributed by atoms with Crippen molar-refractivity contribution >= 4 is 83.3 Å². The van der Waals surface area contributed by atoms with Gasteiger partial charge in [-0.3, -0.25) is 33.9 Å². The number of methoxy groups -OCH3 is 2. The van der Waals surface area contributed by atoms with Crippen molar-refractivity contribution in [3.05, 3.63) is 102 Å². The summed E-state index contributed by atoms with van der Waals surface area (Å²) < 4.78 is 95.4. The van der Waals surface area contributed by atoms with Gasteiger partial charge in [0.05, 0.1) is 61.0 Å². The number of aromatic carboxylic acids is 1. The summed E-state index contributed by atoms with van der Waals surface area (Å²) in [5, 5.41) is 18.3. The first-order valence-corrected chi connectivity index (χ1v) is 23.4. The van der Waals surface area contributed by atoms with Crippen LogP contribution in [-0.2, 0) is 48.8 Å². The number of rotatable bonds is 21. The summed E-state index contributed by atoms with van der Waals surface area (Å²) in [5.74, 6) is -3.75. The van der Waals surface area contributed by atoms with Gasteiger partial charge in [-0.1, -0.05) is 30.3 Å². The maximum Gasteiger partial charge on any atom is 0.336 e. The lowest BCUT2D eigenvalue weighted by molar-refractivity contribution is -0.140. The minimum atomic E-state index is -5.19. The van der Waals surface area contributed by atoms with E-state index in [4.69, 9.17) is 34.5 Å². The molecule has 69 heavy (non-hydrogen) atoms. The maximum absolute atomic E-state index is 14.6. The quantitative estimate of drug-likeness (QED) is 0.0216. The highest BCUT2D eigenvalue weighted by Gasteiger charge is 2.33. The van der Waals surface area contributed by atoms with E-state index in [-0.39, 0.29) is 101 Å². The Morgan fingerprint density at radius 3 is 1.90 bits per heavy atom. The van der Waals surface area contributed by atoms with Gasteiger partial charge in [-0.15, -0.1) is 0 Å². The number of esters is 2. The summed E-state index contributed by atoms with van der Waals surface area (Å²) in [6, 6.07) is 20.9. The van der Waals surface area contributed by atoms with Crippen LogP contribution in [0.5, 0.6) is 11.5 Å². The van der Waals surface area contributed by atoms with E-state index < -0.39 is 70.2 Å². The number of benzene rings is 5. The Hall–Kier alpha value is -8.02. The fraction of sp³-hybridized carbons (Fsp3) is 0.217. The number of nitrogens with one attached hydrogen (secondary N) is 2. The number of hydrogen-bond donors (Lipinski definition) is 5. The Bertz CT molecular complexity index is 3230. The minimum Gasteiger partial charge on any atom is -0.488 e. The van der Waals surface area contributed by atoms with E-state index in [1.54, 1.807) is 24.3 Å². The van der Waals surface area contributed by atoms with E-state index in [2.05, 4.69) is 4.72 Å². The second kappa shape index (κ2) is 20.9. The molecule has 4 aromatic rings. The molecule has 0 bridgehead atoms. The van der Waals surface area contributed by atoms with Gasteiger partial charge in [-0.05, 0) is 74.0 Å². The van der Waals surface area contributed by atoms with Crippen molar-refractivity contribution in [1.29, 1.82) is 5.41 Å². The number of carbonyl (C=O) groups is 5. The van der Waals surface area contributed by atoms with E-state index in [0.717, 1.165) is 12.1 Å². The third kappa shape index (κ3) is 11.4. The average molecular weight is 988 g/mol. The van der Waals surface area contributed by atoms with Crippen LogP contribution < -0.4 is 35.1 Å². The molecule has 2 aliphatic rings. The van der Waals surface area contributed by atoms with Crippen LogP contribution in [0.3, 0.4) is 0 Å². The number of sulfonamides is 1. The van der Waals surface area contributed by atoms with Crippen LogP contribution in [0.1, 0.15) is 24.2 Å². The molecule has 0 radical (unpaired) electrons. The summed E-state index contributed by atoms with van der Waals surface area (Å²) in [6.07, 6.45) is 0. The van der Waals surface area contributed by atoms with Gasteiger partial charge in [0.2, 0.25) is 0 Å². The molecule has 1 aliphatic carbocycles. The summed E-state index contributed by atoms with van der Waals surface area (Å²) in [4.78, 5) is 62.9. The van der Waals surface area contributed by atoms with Gasteiger partial charge in [-0.25, -0.2) is 13.2 Å². The third-order valence-corrected chi connectivity index (χ3v) is 12.6. The Morgan fingerprint density at radius 2 is 1.29 bits per heavy atom. The predicted molar refractivity (Wildman–Crippen MR) is 250 cm³/mol. The number of para-hydroxylation sites is 2. The number of ether oxygens (including phenoxy) is 4. The van der Waals surface area contributed by atoms with Crippen LogP contribution in [0, 0.1) is 5.41 Å². The third-order valence-electron chi connectivity index (χ3n) is 10.2. The second-order valence-corrected chi connectivity index (χ2v) is 18.2. The standard InChI is InChI=1S/C46H45N5O16S2/c1-26(52)22-50(23-27(2)53)36-18-13-28(21-38(36)66-20-19-65-37-12-8-7-11-35(37)51(24-39(54)63-3)25-40(55)64-4)49-68(58,59)44-33(47)16-14-31-41(29-9-5-6-10-30(29)46(56)57)32-15-17-34(48)45(69(60,61)62)43(32)67-42(31)44/h5-18,21,47,49H,19-20,22-25,48H2,1-4H3,(H,56,57)(H,60,61,62). The molecule has 0 unspecified atom stereocenters. The number of nitrogens with zero attached hydrogens (tertiary/aromatic N) is 2. The molecule has 0 saturated carbocycles. The van der Waals surface area contributed by atoms with Gasteiger partial charge in [0.1, 0.15) is 49.4 Å². The molecule has 6 rings (SSSR count). The van der Waals surface area contributed by atoms with Crippen LogP contribution in [0.4, 0.5) is 22.7 Å². The van der Waals surface area contributed by atoms with Crippen LogP contribution >= 0.6 is 0 Å². The number of nitrogens with two attached hydrogens (primary N) is 1. The summed E-state index contributed by atoms with van der Waals surface area (Å²) >= 11 is 0. The average Bonchev–Trinajstić information content (AvgIpc) is 3.28. The number of ketones is 2. The molecule has 0 saturated heterocycles. The fourth-order valence-electron chi connectivity index (χ4n) is 7.43. The number of carboxylic acids is 1. The van der Waals surface area contributed by atoms with Gasteiger partial charge in [-0.2, -0.15) is 8.42 Å². The number of Topliss-reactive ketones (excluding diaryl/α,β-unsaturated/α-hetero) is 2. The molecule has 0 atom stereocenters. The Morgan fingerprint density at radius 1 is 0.710 bits per heavy atom. The molecule has 21 nitrogen and oxygen atoms in total. The summed E-state index contributed by atoms with van der Waals surface area (Å²) in [5.41, 5.74) is 4.89. The van der Waals surface area contributed by atoms with Crippen molar-refractivity contribution in [2.24, 2.45) is 0 Å². The van der Waals surface area contributed by atoms with Crippen molar-refractivity contribution in [1.82, 2.24) is 0 Å². The van der Waals surface area contributed by atoms with Crippen molar-refractivity contribution < 1.29 is 73.8 Å². The number of nitrogen functional groups attached to an aromatic ring is 1. The highest BCUT2D eigenvalue weighted by molar-refractivity contribution is 7.92. The van der Waals surface area contributed by atoms with Crippen LogP contribution in [0.2, 0.25) is 0 Å². The molecule has 4 aromatic carbocycles. The first kappa shape index (κ1) is 50.4.